The van der Waals surface area contributed by atoms with Crippen LogP contribution in [0.15, 0.2) is 48.0 Å². The predicted molar refractivity (Wildman–Crippen MR) is 104 cm³/mol. The summed E-state index contributed by atoms with van der Waals surface area (Å²) in [6, 6.07) is 16.0. The lowest BCUT2D eigenvalue weighted by molar-refractivity contribution is 0.541. The fourth-order valence-electron chi connectivity index (χ4n) is 4.45. The van der Waals surface area contributed by atoms with Crippen LogP contribution >= 0.6 is 0 Å². The lowest BCUT2D eigenvalue weighted by Gasteiger charge is -2.10. The topological polar surface area (TPSA) is 0 Å². The molecule has 124 valence electrons. The van der Waals surface area contributed by atoms with E-state index in [4.69, 9.17) is 0 Å². The van der Waals surface area contributed by atoms with Crippen molar-refractivity contribution < 1.29 is 0 Å². The van der Waals surface area contributed by atoms with Crippen LogP contribution in [0, 0.1) is 5.92 Å². The smallest absolute Gasteiger partial charge is 0.00575 e. The Kier molecular flexibility index (Phi) is 4.31. The van der Waals surface area contributed by atoms with Crippen LogP contribution in [0.25, 0.3) is 17.2 Å². The summed E-state index contributed by atoms with van der Waals surface area (Å²) in [7, 11) is 0. The molecule has 2 aliphatic rings. The molecule has 0 aliphatic heterocycles. The van der Waals surface area contributed by atoms with Gasteiger partial charge in [0.2, 0.25) is 0 Å². The van der Waals surface area contributed by atoms with Crippen LogP contribution in [0.4, 0.5) is 0 Å². The Labute approximate surface area is 146 Å². The SMILES string of the molecule is CC(C)c1ccc(-c2cccc3c2C=C(CC2CCCC2)C3)cc1. The largest absolute Gasteiger partial charge is 0.0649 e. The highest BCUT2D eigenvalue weighted by Gasteiger charge is 2.21. The van der Waals surface area contributed by atoms with Crippen molar-refractivity contribution in [2.45, 2.75) is 58.3 Å². The highest BCUT2D eigenvalue weighted by Crippen LogP contribution is 2.38. The summed E-state index contributed by atoms with van der Waals surface area (Å²) in [6.07, 6.45) is 10.8. The summed E-state index contributed by atoms with van der Waals surface area (Å²) in [5.41, 5.74) is 8.84. The van der Waals surface area contributed by atoms with E-state index in [1.54, 1.807) is 5.57 Å². The Morgan fingerprint density at radius 3 is 2.42 bits per heavy atom. The molecule has 2 aromatic carbocycles. The minimum absolute atomic E-state index is 0.596. The van der Waals surface area contributed by atoms with Crippen LogP contribution in [0.5, 0.6) is 0 Å². The maximum absolute atomic E-state index is 2.50. The third kappa shape index (κ3) is 3.07. The van der Waals surface area contributed by atoms with Crippen molar-refractivity contribution >= 4 is 6.08 Å². The molecule has 24 heavy (non-hydrogen) atoms. The molecule has 0 heteroatoms. The molecule has 0 aromatic heterocycles. The lowest BCUT2D eigenvalue weighted by Crippen LogP contribution is -1.95. The van der Waals surface area contributed by atoms with E-state index in [-0.39, 0.29) is 0 Å². The van der Waals surface area contributed by atoms with Crippen molar-refractivity contribution in [3.63, 3.8) is 0 Å². The molecule has 0 N–H and O–H groups in total. The molecule has 0 bridgehead atoms. The second-order valence-corrected chi connectivity index (χ2v) is 7.99. The summed E-state index contributed by atoms with van der Waals surface area (Å²) < 4.78 is 0. The van der Waals surface area contributed by atoms with Gasteiger partial charge >= 0.3 is 0 Å². The highest BCUT2D eigenvalue weighted by molar-refractivity contribution is 5.80. The van der Waals surface area contributed by atoms with Gasteiger partial charge in [0.25, 0.3) is 0 Å². The molecule has 1 fully saturated rings. The number of fused-ring (bicyclic) bond motifs is 1. The summed E-state index contributed by atoms with van der Waals surface area (Å²) in [5.74, 6) is 1.54. The van der Waals surface area contributed by atoms with E-state index >= 15 is 0 Å². The van der Waals surface area contributed by atoms with E-state index in [0.29, 0.717) is 5.92 Å². The first-order chi connectivity index (χ1) is 11.7. The quantitative estimate of drug-likeness (QED) is 0.570. The van der Waals surface area contributed by atoms with Gasteiger partial charge in [0, 0.05) is 0 Å². The van der Waals surface area contributed by atoms with E-state index in [1.165, 1.54) is 66.3 Å². The van der Waals surface area contributed by atoms with Gasteiger partial charge in [-0.05, 0) is 52.5 Å². The van der Waals surface area contributed by atoms with Gasteiger partial charge < -0.3 is 0 Å². The van der Waals surface area contributed by atoms with E-state index in [9.17, 15) is 0 Å². The van der Waals surface area contributed by atoms with Crippen LogP contribution in [0.1, 0.15) is 68.6 Å². The Morgan fingerprint density at radius 2 is 1.71 bits per heavy atom. The van der Waals surface area contributed by atoms with Gasteiger partial charge in [-0.1, -0.05) is 93.6 Å². The Morgan fingerprint density at radius 1 is 0.958 bits per heavy atom. The van der Waals surface area contributed by atoms with Gasteiger partial charge in [0.15, 0.2) is 0 Å². The molecule has 0 heterocycles. The maximum Gasteiger partial charge on any atom is -0.00575 e. The van der Waals surface area contributed by atoms with Gasteiger partial charge in [0.05, 0.1) is 0 Å². The fraction of sp³-hybridized carbons (Fsp3) is 0.417. The Balaban J connectivity index is 1.62. The van der Waals surface area contributed by atoms with Crippen LogP contribution in [0.3, 0.4) is 0 Å². The summed E-state index contributed by atoms with van der Waals surface area (Å²) in [5, 5.41) is 0. The van der Waals surface area contributed by atoms with Gasteiger partial charge in [-0.2, -0.15) is 0 Å². The van der Waals surface area contributed by atoms with Crippen molar-refractivity contribution in [3.8, 4) is 11.1 Å². The first-order valence-electron chi connectivity index (χ1n) is 9.62. The first kappa shape index (κ1) is 15.7. The maximum atomic E-state index is 2.50. The van der Waals surface area contributed by atoms with Gasteiger partial charge in [-0.25, -0.2) is 0 Å². The summed E-state index contributed by atoms with van der Waals surface area (Å²) in [6.45, 7) is 4.51. The summed E-state index contributed by atoms with van der Waals surface area (Å²) >= 11 is 0. The van der Waals surface area contributed by atoms with Crippen molar-refractivity contribution in [2.75, 3.05) is 0 Å². The van der Waals surface area contributed by atoms with Crippen molar-refractivity contribution in [1.29, 1.82) is 0 Å². The van der Waals surface area contributed by atoms with Crippen molar-refractivity contribution in [2.24, 2.45) is 5.92 Å². The predicted octanol–water partition coefficient (Wildman–Crippen LogP) is 7.00. The molecule has 0 atom stereocenters. The molecule has 0 nitrogen and oxygen atoms in total. The Bertz CT molecular complexity index is 740. The summed E-state index contributed by atoms with van der Waals surface area (Å²) in [4.78, 5) is 0. The van der Waals surface area contributed by atoms with Crippen molar-refractivity contribution in [1.82, 2.24) is 0 Å². The number of hydrogen-bond acceptors (Lipinski definition) is 0. The number of allylic oxidation sites excluding steroid dienone is 1. The molecular formula is C24H28. The number of hydrogen-bond donors (Lipinski definition) is 0. The monoisotopic (exact) mass is 316 g/mol. The lowest BCUT2D eigenvalue weighted by atomic mass is 9.94. The minimum atomic E-state index is 0.596. The molecule has 0 unspecified atom stereocenters. The molecule has 2 aromatic rings. The van der Waals surface area contributed by atoms with Crippen LogP contribution in [0.2, 0.25) is 0 Å². The third-order valence-electron chi connectivity index (χ3n) is 5.88. The van der Waals surface area contributed by atoms with Gasteiger partial charge in [-0.3, -0.25) is 0 Å². The van der Waals surface area contributed by atoms with Gasteiger partial charge in [0.1, 0.15) is 0 Å². The van der Waals surface area contributed by atoms with Crippen LogP contribution < -0.4 is 0 Å². The molecule has 0 radical (unpaired) electrons. The first-order valence-corrected chi connectivity index (χ1v) is 9.62. The van der Waals surface area contributed by atoms with E-state index in [2.05, 4.69) is 62.4 Å². The zero-order valence-corrected chi connectivity index (χ0v) is 15.0. The number of benzene rings is 2. The number of rotatable bonds is 4. The molecule has 2 aliphatic carbocycles. The van der Waals surface area contributed by atoms with Gasteiger partial charge in [-0.15, -0.1) is 0 Å². The fourth-order valence-corrected chi connectivity index (χ4v) is 4.45. The average Bonchev–Trinajstić information content (AvgIpc) is 3.24. The van der Waals surface area contributed by atoms with Crippen LogP contribution in [-0.4, -0.2) is 0 Å². The third-order valence-corrected chi connectivity index (χ3v) is 5.88. The second-order valence-electron chi connectivity index (χ2n) is 7.99. The molecule has 0 saturated heterocycles. The second kappa shape index (κ2) is 6.59. The normalized spacial score (nSPS) is 17.4. The molecule has 4 rings (SSSR count). The molecular weight excluding hydrogens is 288 g/mol. The highest BCUT2D eigenvalue weighted by atomic mass is 14.3. The zero-order valence-electron chi connectivity index (χ0n) is 15.0. The van der Waals surface area contributed by atoms with Crippen molar-refractivity contribution in [3.05, 3.63) is 64.7 Å². The molecule has 1 saturated carbocycles. The van der Waals surface area contributed by atoms with Crippen LogP contribution in [-0.2, 0) is 6.42 Å². The minimum Gasteiger partial charge on any atom is -0.0649 e. The molecule has 0 amide bonds. The standard InChI is InChI=1S/C24H28/c1-17(2)20-10-12-21(13-11-20)23-9-5-8-22-15-19(16-24(22)23)14-18-6-3-4-7-18/h5,8-13,16-18H,3-4,6-7,14-15H2,1-2H3. The van der Waals surface area contributed by atoms with E-state index < -0.39 is 0 Å². The zero-order chi connectivity index (χ0) is 16.5. The van der Waals surface area contributed by atoms with E-state index in [1.807, 2.05) is 0 Å². The average molecular weight is 316 g/mol. The molecule has 0 spiro atoms. The Hall–Kier alpha value is -1.82. The van der Waals surface area contributed by atoms with E-state index in [0.717, 1.165) is 5.92 Å².